The van der Waals surface area contributed by atoms with Gasteiger partial charge in [-0.2, -0.15) is 0 Å². The van der Waals surface area contributed by atoms with Crippen LogP contribution in [0.25, 0.3) is 0 Å². The number of amides is 1. The molecule has 1 aliphatic rings. The normalized spacial score (nSPS) is 18.5. The van der Waals surface area contributed by atoms with Gasteiger partial charge in [0.15, 0.2) is 0 Å². The van der Waals surface area contributed by atoms with Crippen molar-refractivity contribution in [3.8, 4) is 0 Å². The lowest BCUT2D eigenvalue weighted by molar-refractivity contribution is -0.121. The standard InChI is InChI=1S/C19H30N2O4S/c1-19(2,3)21-26(23,24)17-9-5-4-8-16(17)13-20-18(22)11-10-15-7-6-12-25-14-15/h4-5,8-9,15,21H,6-7,10-14H2,1-3H3,(H,20,22). The summed E-state index contributed by atoms with van der Waals surface area (Å²) in [4.78, 5) is 12.3. The SMILES string of the molecule is CC(C)(C)NS(=O)(=O)c1ccccc1CNC(=O)CCC1CCCOC1. The smallest absolute Gasteiger partial charge is 0.241 e. The van der Waals surface area contributed by atoms with E-state index in [0.29, 0.717) is 17.9 Å². The summed E-state index contributed by atoms with van der Waals surface area (Å²) in [6.07, 6.45) is 3.39. The number of hydrogen-bond donors (Lipinski definition) is 2. The molecule has 7 heteroatoms. The molecular formula is C19H30N2O4S. The highest BCUT2D eigenvalue weighted by Gasteiger charge is 2.24. The summed E-state index contributed by atoms with van der Waals surface area (Å²) in [5.74, 6) is 0.379. The van der Waals surface area contributed by atoms with E-state index in [2.05, 4.69) is 10.0 Å². The van der Waals surface area contributed by atoms with E-state index in [4.69, 9.17) is 4.74 Å². The highest BCUT2D eigenvalue weighted by Crippen LogP contribution is 2.20. The Morgan fingerprint density at radius 3 is 2.65 bits per heavy atom. The van der Waals surface area contributed by atoms with Crippen molar-refractivity contribution in [2.45, 2.75) is 63.4 Å². The van der Waals surface area contributed by atoms with E-state index < -0.39 is 15.6 Å². The van der Waals surface area contributed by atoms with Crippen LogP contribution in [0.3, 0.4) is 0 Å². The quantitative estimate of drug-likeness (QED) is 0.759. The maximum atomic E-state index is 12.6. The van der Waals surface area contributed by atoms with Gasteiger partial charge in [0.2, 0.25) is 15.9 Å². The van der Waals surface area contributed by atoms with Gasteiger partial charge in [-0.1, -0.05) is 18.2 Å². The Morgan fingerprint density at radius 1 is 1.27 bits per heavy atom. The third kappa shape index (κ3) is 6.70. The Bertz CT molecular complexity index is 704. The molecule has 0 saturated carbocycles. The van der Waals surface area contributed by atoms with E-state index in [1.54, 1.807) is 45.0 Å². The van der Waals surface area contributed by atoms with Crippen LogP contribution in [0.15, 0.2) is 29.2 Å². The molecule has 1 saturated heterocycles. The molecule has 0 aliphatic carbocycles. The summed E-state index contributed by atoms with van der Waals surface area (Å²) in [7, 11) is -3.64. The Kier molecular flexibility index (Phi) is 7.20. The number of hydrogen-bond acceptors (Lipinski definition) is 4. The first-order valence-electron chi connectivity index (χ1n) is 9.14. The molecule has 1 aromatic carbocycles. The highest BCUT2D eigenvalue weighted by molar-refractivity contribution is 7.89. The lowest BCUT2D eigenvalue weighted by atomic mass is 9.97. The van der Waals surface area contributed by atoms with Gasteiger partial charge < -0.3 is 10.1 Å². The van der Waals surface area contributed by atoms with Crippen molar-refractivity contribution in [2.24, 2.45) is 5.92 Å². The van der Waals surface area contributed by atoms with Crippen molar-refractivity contribution in [3.05, 3.63) is 29.8 Å². The average molecular weight is 383 g/mol. The summed E-state index contributed by atoms with van der Waals surface area (Å²) < 4.78 is 33.3. The number of sulfonamides is 1. The maximum absolute atomic E-state index is 12.6. The van der Waals surface area contributed by atoms with Crippen LogP contribution in [0, 0.1) is 5.92 Å². The maximum Gasteiger partial charge on any atom is 0.241 e. The van der Waals surface area contributed by atoms with Crippen LogP contribution in [0.4, 0.5) is 0 Å². The fourth-order valence-corrected chi connectivity index (χ4v) is 4.68. The van der Waals surface area contributed by atoms with E-state index in [9.17, 15) is 13.2 Å². The van der Waals surface area contributed by atoms with Crippen LogP contribution in [-0.2, 0) is 26.1 Å². The van der Waals surface area contributed by atoms with E-state index in [1.165, 1.54) is 0 Å². The lowest BCUT2D eigenvalue weighted by Gasteiger charge is -2.22. The molecule has 6 nitrogen and oxygen atoms in total. The number of rotatable bonds is 7. The first-order chi connectivity index (χ1) is 12.2. The van der Waals surface area contributed by atoms with Gasteiger partial charge in [0.25, 0.3) is 0 Å². The van der Waals surface area contributed by atoms with Gasteiger partial charge in [-0.25, -0.2) is 13.1 Å². The second-order valence-electron chi connectivity index (χ2n) is 7.86. The van der Waals surface area contributed by atoms with E-state index in [0.717, 1.165) is 32.5 Å². The topological polar surface area (TPSA) is 84.5 Å². The third-order valence-corrected chi connectivity index (χ3v) is 6.07. The van der Waals surface area contributed by atoms with Crippen molar-refractivity contribution < 1.29 is 17.9 Å². The van der Waals surface area contributed by atoms with Crippen molar-refractivity contribution >= 4 is 15.9 Å². The summed E-state index contributed by atoms with van der Waals surface area (Å²) in [5.41, 5.74) is 0.00987. The van der Waals surface area contributed by atoms with Crippen molar-refractivity contribution in [1.29, 1.82) is 0 Å². The monoisotopic (exact) mass is 382 g/mol. The molecule has 2 rings (SSSR count). The first-order valence-corrected chi connectivity index (χ1v) is 10.6. The molecular weight excluding hydrogens is 352 g/mol. The average Bonchev–Trinajstić information content (AvgIpc) is 2.57. The fourth-order valence-electron chi connectivity index (χ4n) is 3.02. The Balaban J connectivity index is 1.94. The first kappa shape index (κ1) is 20.9. The minimum absolute atomic E-state index is 0.0634. The molecule has 26 heavy (non-hydrogen) atoms. The number of nitrogens with one attached hydrogen (secondary N) is 2. The minimum atomic E-state index is -3.64. The second-order valence-corrected chi connectivity index (χ2v) is 9.51. The molecule has 0 spiro atoms. The van der Waals surface area contributed by atoms with Gasteiger partial charge in [-0.05, 0) is 57.6 Å². The molecule has 1 amide bonds. The Hall–Kier alpha value is -1.44. The second kappa shape index (κ2) is 8.97. The molecule has 1 aliphatic heterocycles. The summed E-state index contributed by atoms with van der Waals surface area (Å²) >= 11 is 0. The van der Waals surface area contributed by atoms with Crippen LogP contribution in [-0.4, -0.2) is 33.1 Å². The molecule has 1 aromatic rings. The molecule has 2 N–H and O–H groups in total. The Morgan fingerprint density at radius 2 is 2.00 bits per heavy atom. The predicted molar refractivity (Wildman–Crippen MR) is 101 cm³/mol. The zero-order chi connectivity index (χ0) is 19.2. The van der Waals surface area contributed by atoms with Crippen molar-refractivity contribution in [3.63, 3.8) is 0 Å². The third-order valence-electron chi connectivity index (χ3n) is 4.21. The van der Waals surface area contributed by atoms with Crippen molar-refractivity contribution in [2.75, 3.05) is 13.2 Å². The highest BCUT2D eigenvalue weighted by atomic mass is 32.2. The van der Waals surface area contributed by atoms with Gasteiger partial charge in [0.1, 0.15) is 0 Å². The number of ether oxygens (including phenoxy) is 1. The summed E-state index contributed by atoms with van der Waals surface area (Å²) in [5, 5.41) is 2.84. The van der Waals surface area contributed by atoms with Gasteiger partial charge >= 0.3 is 0 Å². The number of carbonyl (C=O) groups excluding carboxylic acids is 1. The molecule has 1 atom stereocenters. The lowest BCUT2D eigenvalue weighted by Crippen LogP contribution is -2.41. The molecule has 1 fully saturated rings. The number of carbonyl (C=O) groups is 1. The Labute approximate surface area is 156 Å². The molecule has 1 heterocycles. The fraction of sp³-hybridized carbons (Fsp3) is 0.632. The van der Waals surface area contributed by atoms with Crippen LogP contribution in [0.5, 0.6) is 0 Å². The van der Waals surface area contributed by atoms with Crippen LogP contribution in [0.2, 0.25) is 0 Å². The number of benzene rings is 1. The summed E-state index contributed by atoms with van der Waals surface area (Å²) in [6.45, 7) is 7.13. The molecule has 0 radical (unpaired) electrons. The van der Waals surface area contributed by atoms with E-state index >= 15 is 0 Å². The zero-order valence-corrected chi connectivity index (χ0v) is 16.7. The molecule has 1 unspecified atom stereocenters. The van der Waals surface area contributed by atoms with Crippen molar-refractivity contribution in [1.82, 2.24) is 10.0 Å². The van der Waals surface area contributed by atoms with Crippen LogP contribution >= 0.6 is 0 Å². The van der Waals surface area contributed by atoms with E-state index in [1.807, 2.05) is 0 Å². The molecule has 146 valence electrons. The van der Waals surface area contributed by atoms with Gasteiger partial charge in [0, 0.05) is 31.7 Å². The molecule has 0 bridgehead atoms. The van der Waals surface area contributed by atoms with Gasteiger partial charge in [0.05, 0.1) is 4.90 Å². The van der Waals surface area contributed by atoms with Crippen LogP contribution in [0.1, 0.15) is 52.0 Å². The zero-order valence-electron chi connectivity index (χ0n) is 15.9. The largest absolute Gasteiger partial charge is 0.381 e. The summed E-state index contributed by atoms with van der Waals surface area (Å²) in [6, 6.07) is 6.75. The van der Waals surface area contributed by atoms with Crippen LogP contribution < -0.4 is 10.0 Å². The van der Waals surface area contributed by atoms with E-state index in [-0.39, 0.29) is 17.3 Å². The van der Waals surface area contributed by atoms with Gasteiger partial charge in [-0.15, -0.1) is 0 Å². The van der Waals surface area contributed by atoms with Gasteiger partial charge in [-0.3, -0.25) is 4.79 Å². The predicted octanol–water partition coefficient (Wildman–Crippen LogP) is 2.59. The molecule has 0 aromatic heterocycles. The minimum Gasteiger partial charge on any atom is -0.381 e.